The number of alkyl halides is 6. The summed E-state index contributed by atoms with van der Waals surface area (Å²) in [5, 5.41) is 31.0. The number of nitrogens with zero attached hydrogens (tertiary/aromatic N) is 1. The molecule has 230 valence electrons. The van der Waals surface area contributed by atoms with E-state index in [-0.39, 0.29) is 49.3 Å². The zero-order chi connectivity index (χ0) is 31.6. The lowest BCUT2D eigenvalue weighted by atomic mass is 9.77. The molecule has 3 aromatic rings. The molecule has 1 atom stereocenters. The van der Waals surface area contributed by atoms with E-state index in [4.69, 9.17) is 0 Å². The van der Waals surface area contributed by atoms with Crippen molar-refractivity contribution in [1.29, 1.82) is 0 Å². The van der Waals surface area contributed by atoms with Crippen molar-refractivity contribution in [3.8, 4) is 0 Å². The van der Waals surface area contributed by atoms with Crippen LogP contribution in [0.1, 0.15) is 48.1 Å². The molecule has 43 heavy (non-hydrogen) atoms. The Morgan fingerprint density at radius 1 is 0.837 bits per heavy atom. The van der Waals surface area contributed by atoms with Crippen LogP contribution in [0.15, 0.2) is 84.4 Å². The fraction of sp³-hybridized carbons (Fsp3) is 0.323. The Bertz CT molecular complexity index is 1390. The zero-order valence-electron chi connectivity index (χ0n) is 23.4. The van der Waals surface area contributed by atoms with Gasteiger partial charge in [0.1, 0.15) is 12.1 Å². The van der Waals surface area contributed by atoms with Crippen molar-refractivity contribution in [3.05, 3.63) is 117 Å². The van der Waals surface area contributed by atoms with Crippen molar-refractivity contribution < 1.29 is 40.9 Å². The fourth-order valence-electron chi connectivity index (χ4n) is 5.06. The van der Waals surface area contributed by atoms with E-state index in [1.807, 2.05) is 13.8 Å². The molecule has 1 aliphatic heterocycles. The highest BCUT2D eigenvalue weighted by Crippen LogP contribution is 2.42. The first kappa shape index (κ1) is 32.1. The number of halogens is 6. The first-order chi connectivity index (χ1) is 20.0. The van der Waals surface area contributed by atoms with Gasteiger partial charge in [-0.05, 0) is 73.0 Å². The van der Waals surface area contributed by atoms with Crippen LogP contribution >= 0.6 is 0 Å². The van der Waals surface area contributed by atoms with E-state index in [2.05, 4.69) is 10.6 Å². The summed E-state index contributed by atoms with van der Waals surface area (Å²) >= 11 is 0. The Balaban J connectivity index is 1.59. The molecule has 0 fully saturated rings. The highest BCUT2D eigenvalue weighted by Gasteiger charge is 2.40. The smallest absolute Gasteiger partial charge is 0.416 e. The average molecular weight is 608 g/mol. The Morgan fingerprint density at radius 2 is 1.30 bits per heavy atom. The van der Waals surface area contributed by atoms with Crippen LogP contribution in [-0.2, 0) is 24.5 Å². The van der Waals surface area contributed by atoms with Gasteiger partial charge in [-0.2, -0.15) is 26.3 Å². The molecule has 0 aliphatic carbocycles. The van der Waals surface area contributed by atoms with Crippen LogP contribution < -0.4 is 10.6 Å². The number of quaternary nitrogens is 1. The van der Waals surface area contributed by atoms with Crippen LogP contribution in [0.3, 0.4) is 0 Å². The number of hydrogen-bond donors (Lipinski definition) is 3. The van der Waals surface area contributed by atoms with Crippen LogP contribution in [0.25, 0.3) is 0 Å². The van der Waals surface area contributed by atoms with E-state index in [9.17, 15) is 41.5 Å². The summed E-state index contributed by atoms with van der Waals surface area (Å²) in [6, 6.07) is 13.9. The molecule has 1 heterocycles. The number of benzene rings is 3. The number of carbonyl (C=O) groups is 1. The first-order valence-electron chi connectivity index (χ1n) is 13.5. The van der Waals surface area contributed by atoms with E-state index in [1.54, 1.807) is 24.3 Å². The SMILES string of the molecule is CC(C)NC(=O)Nc1ccc(C[N+]2([O-])CC=C(C(O)(c3ccc(C(F)(F)F)cc3)c3ccc(C(F)(F)F)cc3)CC2)cc1. The quantitative estimate of drug-likeness (QED) is 0.114. The van der Waals surface area contributed by atoms with Gasteiger partial charge in [-0.1, -0.05) is 36.4 Å². The summed E-state index contributed by atoms with van der Waals surface area (Å²) in [5.74, 6) is 0. The Hall–Kier alpha value is -3.87. The predicted molar refractivity (Wildman–Crippen MR) is 149 cm³/mol. The maximum Gasteiger partial charge on any atom is 0.416 e. The number of anilines is 1. The maximum absolute atomic E-state index is 13.6. The Labute approximate surface area is 244 Å². The number of nitrogens with one attached hydrogen (secondary N) is 2. The number of hydroxylamine groups is 3. The minimum absolute atomic E-state index is 0.00616. The Kier molecular flexibility index (Phi) is 8.96. The lowest BCUT2D eigenvalue weighted by Crippen LogP contribution is -2.47. The molecule has 1 aliphatic rings. The molecular weight excluding hydrogens is 576 g/mol. The van der Waals surface area contributed by atoms with E-state index in [0.29, 0.717) is 16.8 Å². The zero-order valence-corrected chi connectivity index (χ0v) is 23.4. The maximum atomic E-state index is 13.6. The lowest BCUT2D eigenvalue weighted by molar-refractivity contribution is -0.889. The second-order valence-electron chi connectivity index (χ2n) is 10.9. The van der Waals surface area contributed by atoms with Crippen molar-refractivity contribution >= 4 is 11.7 Å². The first-order valence-corrected chi connectivity index (χ1v) is 13.5. The topological polar surface area (TPSA) is 84.4 Å². The van der Waals surface area contributed by atoms with Crippen molar-refractivity contribution in [2.45, 2.75) is 50.8 Å². The van der Waals surface area contributed by atoms with Gasteiger partial charge < -0.3 is 25.6 Å². The van der Waals surface area contributed by atoms with Crippen molar-refractivity contribution in [2.75, 3.05) is 18.4 Å². The largest absolute Gasteiger partial charge is 0.632 e. The highest BCUT2D eigenvalue weighted by atomic mass is 19.4. The number of urea groups is 1. The molecule has 3 aromatic carbocycles. The number of rotatable bonds is 7. The van der Waals surface area contributed by atoms with E-state index < -0.39 is 33.7 Å². The lowest BCUT2D eigenvalue weighted by Gasteiger charge is -2.46. The van der Waals surface area contributed by atoms with Gasteiger partial charge in [-0.25, -0.2) is 4.79 Å². The molecule has 2 amide bonds. The van der Waals surface area contributed by atoms with Gasteiger partial charge in [-0.3, -0.25) is 0 Å². The van der Waals surface area contributed by atoms with Crippen LogP contribution in [-0.4, -0.2) is 34.9 Å². The van der Waals surface area contributed by atoms with Gasteiger partial charge in [0.2, 0.25) is 0 Å². The molecule has 0 spiro atoms. The fourth-order valence-corrected chi connectivity index (χ4v) is 5.06. The monoisotopic (exact) mass is 607 g/mol. The number of aliphatic hydroxyl groups is 1. The van der Waals surface area contributed by atoms with Crippen LogP contribution in [0.4, 0.5) is 36.8 Å². The number of carbonyl (C=O) groups excluding carboxylic acids is 1. The third-order valence-electron chi connectivity index (χ3n) is 7.29. The summed E-state index contributed by atoms with van der Waals surface area (Å²) in [4.78, 5) is 11.9. The predicted octanol–water partition coefficient (Wildman–Crippen LogP) is 7.33. The number of amides is 2. The molecule has 0 bridgehead atoms. The normalized spacial score (nSPS) is 17.9. The minimum atomic E-state index is -4.62. The summed E-state index contributed by atoms with van der Waals surface area (Å²) in [6.45, 7) is 3.64. The molecule has 12 heteroatoms. The molecule has 4 rings (SSSR count). The minimum Gasteiger partial charge on any atom is -0.632 e. The van der Waals surface area contributed by atoms with E-state index in [0.717, 1.165) is 48.5 Å². The van der Waals surface area contributed by atoms with E-state index in [1.165, 1.54) is 6.08 Å². The number of hydrogen-bond acceptors (Lipinski definition) is 3. The summed E-state index contributed by atoms with van der Waals surface area (Å²) in [6.07, 6.45) is -7.69. The van der Waals surface area contributed by atoms with Gasteiger partial charge >= 0.3 is 18.4 Å². The van der Waals surface area contributed by atoms with Crippen LogP contribution in [0.2, 0.25) is 0 Å². The molecule has 0 saturated carbocycles. The molecular formula is C31H31F6N3O3. The molecule has 0 saturated heterocycles. The van der Waals surface area contributed by atoms with Gasteiger partial charge in [0.25, 0.3) is 0 Å². The Morgan fingerprint density at radius 3 is 1.70 bits per heavy atom. The molecule has 0 aromatic heterocycles. The second-order valence-corrected chi connectivity index (χ2v) is 10.9. The van der Waals surface area contributed by atoms with Crippen LogP contribution in [0, 0.1) is 5.21 Å². The second kappa shape index (κ2) is 12.0. The van der Waals surface area contributed by atoms with Crippen molar-refractivity contribution in [2.24, 2.45) is 0 Å². The summed E-state index contributed by atoms with van der Waals surface area (Å²) in [5.41, 5.74) is -2.36. The van der Waals surface area contributed by atoms with Crippen LogP contribution in [0.5, 0.6) is 0 Å². The van der Waals surface area contributed by atoms with Gasteiger partial charge in [0, 0.05) is 23.7 Å². The van der Waals surface area contributed by atoms with E-state index >= 15 is 0 Å². The highest BCUT2D eigenvalue weighted by molar-refractivity contribution is 5.89. The summed E-state index contributed by atoms with van der Waals surface area (Å²) < 4.78 is 78.5. The average Bonchev–Trinajstić information content (AvgIpc) is 2.93. The molecule has 1 unspecified atom stereocenters. The molecule has 6 nitrogen and oxygen atoms in total. The third-order valence-corrected chi connectivity index (χ3v) is 7.29. The summed E-state index contributed by atoms with van der Waals surface area (Å²) in [7, 11) is 0. The van der Waals surface area contributed by atoms with Crippen molar-refractivity contribution in [1.82, 2.24) is 5.32 Å². The van der Waals surface area contributed by atoms with Gasteiger partial charge in [0.05, 0.1) is 24.2 Å². The third kappa shape index (κ3) is 7.56. The molecule has 0 radical (unpaired) electrons. The van der Waals surface area contributed by atoms with Gasteiger partial charge in [-0.15, -0.1) is 0 Å². The standard InChI is InChI=1S/C31H31F6N3O3/c1-20(2)38-28(41)39-27-13-3-21(4-14-27)19-40(43)17-15-24(16-18-40)29(42,22-5-9-25(10-6-22)30(32,33)34)23-7-11-26(12-8-23)31(35,36)37/h3-15,20,42H,16-19H2,1-2H3,(H2,38,39,41). The van der Waals surface area contributed by atoms with Crippen molar-refractivity contribution in [3.63, 3.8) is 0 Å². The molecule has 3 N–H and O–H groups in total. The van der Waals surface area contributed by atoms with Gasteiger partial charge in [0.15, 0.2) is 0 Å².